The van der Waals surface area contributed by atoms with Crippen LogP contribution in [0.3, 0.4) is 0 Å². The van der Waals surface area contributed by atoms with Crippen molar-refractivity contribution in [2.24, 2.45) is 0 Å². The van der Waals surface area contributed by atoms with E-state index in [2.05, 4.69) is 46.0 Å². The van der Waals surface area contributed by atoms with Gasteiger partial charge in [0.05, 0.1) is 56.3 Å². The van der Waals surface area contributed by atoms with E-state index in [0.717, 1.165) is 51.0 Å². The van der Waals surface area contributed by atoms with Crippen LogP contribution in [-0.2, 0) is 25.1 Å². The molecule has 0 saturated heterocycles. The van der Waals surface area contributed by atoms with Crippen molar-refractivity contribution in [3.8, 4) is 11.5 Å². The second-order valence-corrected chi connectivity index (χ2v) is 18.5. The van der Waals surface area contributed by atoms with Gasteiger partial charge in [-0.15, -0.1) is 11.3 Å². The molecule has 1 aromatic carbocycles. The minimum atomic E-state index is -2.24. The van der Waals surface area contributed by atoms with E-state index >= 15 is 0 Å². The molecule has 224 valence electrons. The van der Waals surface area contributed by atoms with Gasteiger partial charge in [-0.1, -0.05) is 33.6 Å². The van der Waals surface area contributed by atoms with Crippen LogP contribution in [0.2, 0.25) is 18.1 Å². The van der Waals surface area contributed by atoms with Gasteiger partial charge in [-0.25, -0.2) is 4.98 Å². The molecule has 1 aliphatic carbocycles. The quantitative estimate of drug-likeness (QED) is 0.185. The molecule has 2 aromatic rings. The Morgan fingerprint density at radius 3 is 2.15 bits per heavy atom. The first-order chi connectivity index (χ1) is 18.7. The van der Waals surface area contributed by atoms with Crippen molar-refractivity contribution in [2.75, 3.05) is 21.3 Å². The van der Waals surface area contributed by atoms with Crippen LogP contribution in [0.1, 0.15) is 92.1 Å². The normalized spacial score (nSPS) is 17.0. The number of carbonyl (C=O) groups is 1. The monoisotopic (exact) mass is 591 g/mol. The highest BCUT2D eigenvalue weighted by atomic mass is 32.1. The van der Waals surface area contributed by atoms with Crippen LogP contribution < -0.4 is 9.47 Å². The highest BCUT2D eigenvalue weighted by Gasteiger charge is 2.43. The number of aromatic nitrogens is 1. The fourth-order valence-corrected chi connectivity index (χ4v) is 7.38. The first kappa shape index (κ1) is 32.6. The van der Waals surface area contributed by atoms with E-state index in [1.54, 1.807) is 25.6 Å². The highest BCUT2D eigenvalue weighted by molar-refractivity contribution is 7.11. The number of hydrogen-bond donors (Lipinski definition) is 0. The van der Waals surface area contributed by atoms with Gasteiger partial charge in [-0.3, -0.25) is 4.79 Å². The van der Waals surface area contributed by atoms with Crippen molar-refractivity contribution < 1.29 is 28.2 Å². The summed E-state index contributed by atoms with van der Waals surface area (Å²) < 4.78 is 30.7. The lowest BCUT2D eigenvalue weighted by molar-refractivity contribution is -0.142. The fraction of sp³-hybridized carbons (Fsp3) is 0.677. The smallest absolute Gasteiger partial charge is 0.314 e. The Labute approximate surface area is 246 Å². The van der Waals surface area contributed by atoms with E-state index in [1.165, 1.54) is 20.0 Å². The van der Waals surface area contributed by atoms with Crippen LogP contribution in [0.4, 0.5) is 0 Å². The summed E-state index contributed by atoms with van der Waals surface area (Å²) in [7, 11) is 2.55. The third-order valence-electron chi connectivity index (χ3n) is 8.56. The minimum absolute atomic E-state index is 0.00289. The second kappa shape index (κ2) is 13.4. The number of thiazole rings is 1. The third kappa shape index (κ3) is 7.46. The number of nitrogens with zero attached hydrogens (tertiary/aromatic N) is 1. The molecule has 0 bridgehead atoms. The molecule has 9 heteroatoms. The predicted molar refractivity (Wildman–Crippen MR) is 163 cm³/mol. The summed E-state index contributed by atoms with van der Waals surface area (Å²) in [5.41, 5.74) is 2.70. The maximum absolute atomic E-state index is 12.3. The van der Waals surface area contributed by atoms with Crippen molar-refractivity contribution in [1.29, 1.82) is 0 Å². The Hall–Kier alpha value is -1.94. The third-order valence-corrected chi connectivity index (χ3v) is 14.0. The van der Waals surface area contributed by atoms with E-state index in [9.17, 15) is 4.79 Å². The Balaban J connectivity index is 2.12. The van der Waals surface area contributed by atoms with E-state index in [1.807, 2.05) is 20.8 Å². The highest BCUT2D eigenvalue weighted by Crippen LogP contribution is 2.44. The molecule has 7 nitrogen and oxygen atoms in total. The van der Waals surface area contributed by atoms with Crippen LogP contribution in [0, 0.1) is 13.8 Å². The zero-order valence-corrected chi connectivity index (χ0v) is 28.1. The summed E-state index contributed by atoms with van der Waals surface area (Å²) in [6.07, 6.45) is 4.57. The standard InChI is InChI=1S/C31H49NO6SSi/c1-19-24(34-7)16-22(17-25(19)35-8)29(38-40(10,11)31(4,5)6)26(37-23-14-12-13-15-23)18-27-32-28(21(3)39-27)20(2)30(33)36-9/h16-17,20,23,26,29H,12-15,18H2,1-11H3. The molecular formula is C31H49NO6SSi. The molecule has 1 aromatic heterocycles. The molecule has 0 spiro atoms. The topological polar surface area (TPSA) is 76.1 Å². The van der Waals surface area contributed by atoms with Gasteiger partial charge >= 0.3 is 5.97 Å². The molecule has 0 radical (unpaired) electrons. The fourth-order valence-electron chi connectivity index (χ4n) is 5.04. The molecule has 1 aliphatic rings. The van der Waals surface area contributed by atoms with Gasteiger partial charge in [0.1, 0.15) is 11.5 Å². The Kier molecular flexibility index (Phi) is 10.9. The molecule has 3 rings (SSSR count). The number of ether oxygens (including phenoxy) is 4. The predicted octanol–water partition coefficient (Wildman–Crippen LogP) is 7.69. The molecule has 0 amide bonds. The van der Waals surface area contributed by atoms with Crippen LogP contribution in [-0.4, -0.2) is 52.8 Å². The first-order valence-electron chi connectivity index (χ1n) is 14.3. The van der Waals surface area contributed by atoms with Gasteiger partial charge in [-0.05, 0) is 69.4 Å². The average Bonchev–Trinajstić information content (AvgIpc) is 3.54. The summed E-state index contributed by atoms with van der Waals surface area (Å²) in [4.78, 5) is 18.3. The summed E-state index contributed by atoms with van der Waals surface area (Å²) in [6.45, 7) is 17.2. The van der Waals surface area contributed by atoms with E-state index in [-0.39, 0.29) is 29.3 Å². The van der Waals surface area contributed by atoms with Crippen LogP contribution in [0.25, 0.3) is 0 Å². The molecule has 3 unspecified atom stereocenters. The maximum atomic E-state index is 12.3. The summed E-state index contributed by atoms with van der Waals surface area (Å²) in [5, 5.41) is 0.934. The first-order valence-corrected chi connectivity index (χ1v) is 18.0. The molecular weight excluding hydrogens is 542 g/mol. The lowest BCUT2D eigenvalue weighted by Gasteiger charge is -2.42. The van der Waals surface area contributed by atoms with Crippen LogP contribution in [0.15, 0.2) is 12.1 Å². The number of benzene rings is 1. The minimum Gasteiger partial charge on any atom is -0.496 e. The molecule has 1 fully saturated rings. The SMILES string of the molecule is COC(=O)C(C)c1nc(CC(OC2CCCC2)C(O[Si](C)(C)C(C)(C)C)c2cc(OC)c(C)c(OC)c2)sc1C. The van der Waals surface area contributed by atoms with Gasteiger partial charge in [0.25, 0.3) is 0 Å². The van der Waals surface area contributed by atoms with E-state index in [4.69, 9.17) is 28.4 Å². The second-order valence-electron chi connectivity index (χ2n) is 12.4. The van der Waals surface area contributed by atoms with Crippen molar-refractivity contribution in [2.45, 2.75) is 116 Å². The number of rotatable bonds is 12. The van der Waals surface area contributed by atoms with E-state index < -0.39 is 14.2 Å². The number of aryl methyl sites for hydroxylation is 1. The van der Waals surface area contributed by atoms with E-state index in [0.29, 0.717) is 6.42 Å². The number of hydrogen-bond acceptors (Lipinski definition) is 8. The van der Waals surface area contributed by atoms with Crippen molar-refractivity contribution in [3.05, 3.63) is 38.8 Å². The van der Waals surface area contributed by atoms with Gasteiger partial charge in [0.15, 0.2) is 8.32 Å². The van der Waals surface area contributed by atoms with Gasteiger partial charge < -0.3 is 23.4 Å². The summed E-state index contributed by atoms with van der Waals surface area (Å²) in [6, 6.07) is 4.14. The zero-order valence-electron chi connectivity index (χ0n) is 26.3. The van der Waals surface area contributed by atoms with Crippen molar-refractivity contribution in [3.63, 3.8) is 0 Å². The molecule has 1 saturated carbocycles. The number of methoxy groups -OCH3 is 3. The lowest BCUT2D eigenvalue weighted by Crippen LogP contribution is -2.45. The molecule has 0 aliphatic heterocycles. The Morgan fingerprint density at radius 1 is 1.07 bits per heavy atom. The number of carbonyl (C=O) groups excluding carboxylic acids is 1. The van der Waals surface area contributed by atoms with Gasteiger partial charge in [0, 0.05) is 16.9 Å². The number of esters is 1. The molecule has 3 atom stereocenters. The van der Waals surface area contributed by atoms with Crippen molar-refractivity contribution in [1.82, 2.24) is 4.98 Å². The van der Waals surface area contributed by atoms with Gasteiger partial charge in [0.2, 0.25) is 0 Å². The molecule has 0 N–H and O–H groups in total. The van der Waals surface area contributed by atoms with Crippen molar-refractivity contribution >= 4 is 25.6 Å². The molecule has 40 heavy (non-hydrogen) atoms. The van der Waals surface area contributed by atoms with Gasteiger partial charge in [-0.2, -0.15) is 0 Å². The zero-order chi connectivity index (χ0) is 29.8. The molecule has 1 heterocycles. The maximum Gasteiger partial charge on any atom is 0.314 e. The van der Waals surface area contributed by atoms with Crippen LogP contribution >= 0.6 is 11.3 Å². The summed E-state index contributed by atoms with van der Waals surface area (Å²) in [5.74, 6) is 0.819. The Bertz CT molecular complexity index is 1130. The largest absolute Gasteiger partial charge is 0.496 e. The summed E-state index contributed by atoms with van der Waals surface area (Å²) >= 11 is 1.62. The Morgan fingerprint density at radius 2 is 1.65 bits per heavy atom. The van der Waals surface area contributed by atoms with Crippen LogP contribution in [0.5, 0.6) is 11.5 Å². The average molecular weight is 592 g/mol. The lowest BCUT2D eigenvalue weighted by atomic mass is 9.99.